The highest BCUT2D eigenvalue weighted by Gasteiger charge is 2.15. The monoisotopic (exact) mass is 362 g/mol. The quantitative estimate of drug-likeness (QED) is 0.448. The van der Waals surface area contributed by atoms with Crippen LogP contribution in [0.5, 0.6) is 11.5 Å². The molecule has 26 heavy (non-hydrogen) atoms. The first kappa shape index (κ1) is 19.7. The maximum Gasteiger partial charge on any atom is 0.338 e. The molecule has 0 saturated heterocycles. The fraction of sp³-hybridized carbons (Fsp3) is 0.556. The summed E-state index contributed by atoms with van der Waals surface area (Å²) in [5.74, 6) is 1.22. The molecule has 1 heterocycles. The molecular weight excluding hydrogens is 336 g/mol. The average Bonchev–Trinajstić information content (AvgIpc) is 3.09. The van der Waals surface area contributed by atoms with Crippen LogP contribution in [0, 0.1) is 0 Å². The Morgan fingerprint density at radius 2 is 1.96 bits per heavy atom. The van der Waals surface area contributed by atoms with E-state index in [-0.39, 0.29) is 6.61 Å². The molecule has 0 aliphatic carbocycles. The third kappa shape index (κ3) is 5.44. The first-order valence-electron chi connectivity index (χ1n) is 9.01. The highest BCUT2D eigenvalue weighted by molar-refractivity contribution is 5.90. The Morgan fingerprint density at radius 3 is 2.69 bits per heavy atom. The summed E-state index contributed by atoms with van der Waals surface area (Å²) in [6.07, 6.45) is 2.90. The molecule has 1 aromatic heterocycles. The predicted molar refractivity (Wildman–Crippen MR) is 95.2 cm³/mol. The van der Waals surface area contributed by atoms with Gasteiger partial charge in [-0.2, -0.15) is 0 Å². The molecule has 8 heteroatoms. The van der Waals surface area contributed by atoms with E-state index in [1.165, 1.54) is 0 Å². The minimum atomic E-state index is -0.461. The van der Waals surface area contributed by atoms with Crippen LogP contribution >= 0.6 is 0 Å². The average molecular weight is 362 g/mol. The highest BCUT2D eigenvalue weighted by atomic mass is 16.5. The lowest BCUT2D eigenvalue weighted by atomic mass is 10.2. The van der Waals surface area contributed by atoms with Crippen LogP contribution in [0.3, 0.4) is 0 Å². The molecular formula is C18H26N4O4. The van der Waals surface area contributed by atoms with Gasteiger partial charge in [-0.15, -0.1) is 5.10 Å². The van der Waals surface area contributed by atoms with Crippen molar-refractivity contribution in [2.24, 2.45) is 0 Å². The predicted octanol–water partition coefficient (Wildman–Crippen LogP) is 3.02. The van der Waals surface area contributed by atoms with E-state index in [9.17, 15) is 4.79 Å². The van der Waals surface area contributed by atoms with Crippen molar-refractivity contribution in [3.8, 4) is 11.5 Å². The first-order chi connectivity index (χ1) is 12.7. The lowest BCUT2D eigenvalue weighted by Crippen LogP contribution is -2.11. The normalized spacial score (nSPS) is 10.6. The lowest BCUT2D eigenvalue weighted by molar-refractivity contribution is 0.0456. The van der Waals surface area contributed by atoms with Gasteiger partial charge in [0.15, 0.2) is 23.9 Å². The maximum atomic E-state index is 12.3. The number of carbonyl (C=O) groups is 1. The van der Waals surface area contributed by atoms with Crippen LogP contribution in [0.4, 0.5) is 0 Å². The Bertz CT molecular complexity index is 702. The fourth-order valence-electron chi connectivity index (χ4n) is 2.27. The number of carbonyl (C=O) groups excluding carboxylic acids is 1. The minimum Gasteiger partial charge on any atom is -0.490 e. The molecule has 0 fully saturated rings. The zero-order chi connectivity index (χ0) is 18.8. The van der Waals surface area contributed by atoms with Gasteiger partial charge < -0.3 is 14.2 Å². The molecule has 0 spiro atoms. The van der Waals surface area contributed by atoms with E-state index in [0.717, 1.165) is 19.3 Å². The van der Waals surface area contributed by atoms with Gasteiger partial charge >= 0.3 is 5.97 Å². The van der Waals surface area contributed by atoms with Gasteiger partial charge in [-0.05, 0) is 48.4 Å². The van der Waals surface area contributed by atoms with Gasteiger partial charge in [-0.3, -0.25) is 0 Å². The van der Waals surface area contributed by atoms with Crippen molar-refractivity contribution >= 4 is 5.97 Å². The lowest BCUT2D eigenvalue weighted by Gasteiger charge is -2.13. The zero-order valence-corrected chi connectivity index (χ0v) is 15.6. The van der Waals surface area contributed by atoms with Crippen LogP contribution in [0.25, 0.3) is 0 Å². The van der Waals surface area contributed by atoms with Crippen molar-refractivity contribution in [2.75, 3.05) is 13.2 Å². The summed E-state index contributed by atoms with van der Waals surface area (Å²) >= 11 is 0. The molecule has 0 N–H and O–H groups in total. The van der Waals surface area contributed by atoms with Gasteiger partial charge in [0.05, 0.1) is 18.8 Å². The number of tetrazole rings is 1. The van der Waals surface area contributed by atoms with Crippen molar-refractivity contribution in [3.05, 3.63) is 29.6 Å². The first-order valence-corrected chi connectivity index (χ1v) is 9.01. The van der Waals surface area contributed by atoms with Crippen molar-refractivity contribution in [2.45, 2.75) is 53.2 Å². The van der Waals surface area contributed by atoms with Crippen LogP contribution in [-0.2, 0) is 17.9 Å². The largest absolute Gasteiger partial charge is 0.490 e. The van der Waals surface area contributed by atoms with E-state index in [1.807, 2.05) is 13.8 Å². The number of ether oxygens (including phenoxy) is 3. The Labute approximate surface area is 153 Å². The number of aryl methyl sites for hydroxylation is 1. The smallest absolute Gasteiger partial charge is 0.338 e. The van der Waals surface area contributed by atoms with E-state index >= 15 is 0 Å². The second-order valence-corrected chi connectivity index (χ2v) is 5.69. The summed E-state index contributed by atoms with van der Waals surface area (Å²) < 4.78 is 18.3. The fourth-order valence-corrected chi connectivity index (χ4v) is 2.27. The van der Waals surface area contributed by atoms with E-state index in [1.54, 1.807) is 22.9 Å². The number of hydrogen-bond donors (Lipinski definition) is 0. The molecule has 0 aliphatic heterocycles. The summed E-state index contributed by atoms with van der Waals surface area (Å²) in [5, 5.41) is 11.4. The number of nitrogens with zero attached hydrogens (tertiary/aromatic N) is 4. The molecule has 0 aliphatic rings. The number of esters is 1. The number of aromatic nitrogens is 4. The van der Waals surface area contributed by atoms with Crippen molar-refractivity contribution in [3.63, 3.8) is 0 Å². The number of hydrogen-bond acceptors (Lipinski definition) is 7. The van der Waals surface area contributed by atoms with E-state index < -0.39 is 5.97 Å². The third-order valence-corrected chi connectivity index (χ3v) is 3.61. The standard InChI is InChI=1S/C18H26N4O4/c1-4-7-11-25-15-9-8-14(12-16(15)24-6-3)18(23)26-13-17-19-20-21-22(17)10-5-2/h8-9,12H,4-7,10-11,13H2,1-3H3. The van der Waals surface area contributed by atoms with Gasteiger partial charge in [-0.1, -0.05) is 20.3 Å². The highest BCUT2D eigenvalue weighted by Crippen LogP contribution is 2.29. The molecule has 0 atom stereocenters. The number of benzene rings is 1. The molecule has 142 valence electrons. The zero-order valence-electron chi connectivity index (χ0n) is 15.6. The van der Waals surface area contributed by atoms with Crippen LogP contribution in [0.1, 0.15) is 56.2 Å². The minimum absolute atomic E-state index is 0.0184. The van der Waals surface area contributed by atoms with Gasteiger partial charge in [0.1, 0.15) is 0 Å². The molecule has 0 radical (unpaired) electrons. The van der Waals surface area contributed by atoms with E-state index in [0.29, 0.717) is 42.6 Å². The summed E-state index contributed by atoms with van der Waals surface area (Å²) in [4.78, 5) is 12.3. The molecule has 0 bridgehead atoms. The van der Waals surface area contributed by atoms with Crippen molar-refractivity contribution in [1.29, 1.82) is 0 Å². The van der Waals surface area contributed by atoms with Gasteiger partial charge in [0, 0.05) is 6.54 Å². The molecule has 0 saturated carbocycles. The molecule has 2 rings (SSSR count). The van der Waals surface area contributed by atoms with Gasteiger partial charge in [0.2, 0.25) is 0 Å². The van der Waals surface area contributed by atoms with E-state index in [2.05, 4.69) is 22.4 Å². The van der Waals surface area contributed by atoms with Crippen LogP contribution in [0.2, 0.25) is 0 Å². The van der Waals surface area contributed by atoms with Crippen LogP contribution in [0.15, 0.2) is 18.2 Å². The van der Waals surface area contributed by atoms with Crippen molar-refractivity contribution in [1.82, 2.24) is 20.2 Å². The Morgan fingerprint density at radius 1 is 1.12 bits per heavy atom. The molecule has 8 nitrogen and oxygen atoms in total. The van der Waals surface area contributed by atoms with Gasteiger partial charge in [0.25, 0.3) is 0 Å². The molecule has 2 aromatic rings. The van der Waals surface area contributed by atoms with Gasteiger partial charge in [-0.25, -0.2) is 9.48 Å². The third-order valence-electron chi connectivity index (χ3n) is 3.61. The summed E-state index contributed by atoms with van der Waals surface area (Å²) in [6.45, 7) is 7.80. The number of unbranched alkanes of at least 4 members (excludes halogenated alkanes) is 1. The second kappa shape index (κ2) is 10.4. The number of rotatable bonds is 11. The summed E-state index contributed by atoms with van der Waals surface area (Å²) in [6, 6.07) is 5.04. The Balaban J connectivity index is 2.03. The van der Waals surface area contributed by atoms with Crippen LogP contribution < -0.4 is 9.47 Å². The maximum absolute atomic E-state index is 12.3. The van der Waals surface area contributed by atoms with Crippen molar-refractivity contribution < 1.29 is 19.0 Å². The van der Waals surface area contributed by atoms with E-state index in [4.69, 9.17) is 14.2 Å². The Hall–Kier alpha value is -2.64. The summed E-state index contributed by atoms with van der Waals surface area (Å²) in [5.41, 5.74) is 0.394. The topological polar surface area (TPSA) is 88.4 Å². The Kier molecular flexibility index (Phi) is 7.85. The SMILES string of the molecule is CCCCOc1ccc(C(=O)OCc2nnnn2CCC)cc1OCC. The molecule has 1 aromatic carbocycles. The molecule has 0 amide bonds. The summed E-state index contributed by atoms with van der Waals surface area (Å²) in [7, 11) is 0. The van der Waals surface area contributed by atoms with Crippen LogP contribution in [-0.4, -0.2) is 39.4 Å². The molecule has 0 unspecified atom stereocenters. The second-order valence-electron chi connectivity index (χ2n) is 5.69.